The molecule has 2 atom stereocenters. The number of halogens is 2. The molecule has 4 rings (SSSR count). The van der Waals surface area contributed by atoms with E-state index in [0.29, 0.717) is 22.6 Å². The Morgan fingerprint density at radius 1 is 1.24 bits per heavy atom. The maximum absolute atomic E-state index is 14.2. The van der Waals surface area contributed by atoms with Crippen LogP contribution in [0.15, 0.2) is 36.5 Å². The highest BCUT2D eigenvalue weighted by atomic mass is 35.5. The predicted molar refractivity (Wildman–Crippen MR) is 126 cm³/mol. The quantitative estimate of drug-likeness (QED) is 0.368. The van der Waals surface area contributed by atoms with Crippen LogP contribution in [0.1, 0.15) is 29.6 Å². The van der Waals surface area contributed by atoms with Crippen LogP contribution in [-0.2, 0) is 9.63 Å². The van der Waals surface area contributed by atoms with Gasteiger partial charge in [-0.15, -0.1) is 6.42 Å². The average Bonchev–Trinajstić information content (AvgIpc) is 3.25. The van der Waals surface area contributed by atoms with Crippen LogP contribution >= 0.6 is 11.6 Å². The third kappa shape index (κ3) is 4.93. The Labute approximate surface area is 200 Å². The van der Waals surface area contributed by atoms with Crippen LogP contribution in [0.4, 0.5) is 10.3 Å². The molecule has 0 bridgehead atoms. The molecule has 0 unspecified atom stereocenters. The predicted octanol–water partition coefficient (Wildman–Crippen LogP) is 3.46. The molecule has 1 aliphatic carbocycles. The van der Waals surface area contributed by atoms with Crippen LogP contribution in [0.3, 0.4) is 0 Å². The zero-order valence-electron chi connectivity index (χ0n) is 18.2. The normalized spacial score (nSPS) is 17.2. The summed E-state index contributed by atoms with van der Waals surface area (Å²) in [5, 5.41) is 6.99. The van der Waals surface area contributed by atoms with E-state index in [-0.39, 0.29) is 22.7 Å². The van der Waals surface area contributed by atoms with Crippen molar-refractivity contribution in [1.82, 2.24) is 20.8 Å². The first-order valence-corrected chi connectivity index (χ1v) is 10.9. The lowest BCUT2D eigenvalue weighted by atomic mass is 10.0. The summed E-state index contributed by atoms with van der Waals surface area (Å²) in [5.74, 6) is 0.594. The van der Waals surface area contributed by atoms with Gasteiger partial charge in [0, 0.05) is 29.2 Å². The number of nitrogens with zero attached hydrogens (tertiary/aromatic N) is 2. The van der Waals surface area contributed by atoms with Crippen LogP contribution < -0.4 is 16.1 Å². The van der Waals surface area contributed by atoms with Crippen LogP contribution in [0.25, 0.3) is 22.0 Å². The number of amides is 2. The molecule has 10 heteroatoms. The molecule has 1 saturated carbocycles. The van der Waals surface area contributed by atoms with Crippen LogP contribution in [-0.4, -0.2) is 41.0 Å². The molecule has 0 aliphatic heterocycles. The van der Waals surface area contributed by atoms with Gasteiger partial charge in [-0.1, -0.05) is 17.7 Å². The molecule has 1 aliphatic rings. The number of benzene rings is 2. The number of carbonyl (C=O) groups excluding carboxylic acids is 2. The zero-order chi connectivity index (χ0) is 24.2. The fourth-order valence-electron chi connectivity index (χ4n) is 4.04. The van der Waals surface area contributed by atoms with Crippen molar-refractivity contribution in [2.24, 2.45) is 0 Å². The molecule has 0 saturated heterocycles. The lowest BCUT2D eigenvalue weighted by Crippen LogP contribution is -2.43. The minimum absolute atomic E-state index is 0.0243. The van der Waals surface area contributed by atoms with E-state index in [4.69, 9.17) is 18.0 Å². The number of aromatic nitrogens is 2. The van der Waals surface area contributed by atoms with Gasteiger partial charge in [-0.05, 0) is 55.0 Å². The summed E-state index contributed by atoms with van der Waals surface area (Å²) in [4.78, 5) is 37.2. The molecule has 34 heavy (non-hydrogen) atoms. The van der Waals surface area contributed by atoms with Crippen molar-refractivity contribution >= 4 is 40.3 Å². The minimum Gasteiger partial charge on any atom is -0.349 e. The summed E-state index contributed by atoms with van der Waals surface area (Å²) in [7, 11) is 1.26. The Hall–Kier alpha value is -3.74. The van der Waals surface area contributed by atoms with E-state index in [1.165, 1.54) is 13.2 Å². The van der Waals surface area contributed by atoms with Crippen molar-refractivity contribution in [1.29, 1.82) is 0 Å². The second kappa shape index (κ2) is 10.0. The fourth-order valence-corrected chi connectivity index (χ4v) is 4.30. The summed E-state index contributed by atoms with van der Waals surface area (Å²) < 4.78 is 14.2. The molecule has 1 heterocycles. The number of hydroxylamine groups is 1. The van der Waals surface area contributed by atoms with E-state index in [1.54, 1.807) is 18.3 Å². The molecular weight excluding hydrogens is 461 g/mol. The van der Waals surface area contributed by atoms with Gasteiger partial charge in [-0.3, -0.25) is 14.4 Å². The van der Waals surface area contributed by atoms with Crippen molar-refractivity contribution in [3.63, 3.8) is 0 Å². The molecule has 0 spiro atoms. The molecule has 8 nitrogen and oxygen atoms in total. The summed E-state index contributed by atoms with van der Waals surface area (Å²) >= 11 is 6.26. The van der Waals surface area contributed by atoms with Gasteiger partial charge in [0.15, 0.2) is 0 Å². The number of carbonyl (C=O) groups is 2. The summed E-state index contributed by atoms with van der Waals surface area (Å²) in [6, 6.07) is 7.72. The minimum atomic E-state index is -0.758. The maximum atomic E-state index is 14.2. The molecule has 3 N–H and O–H groups in total. The van der Waals surface area contributed by atoms with E-state index in [1.807, 2.05) is 6.07 Å². The zero-order valence-corrected chi connectivity index (χ0v) is 18.9. The lowest BCUT2D eigenvalue weighted by Gasteiger charge is -2.21. The smallest absolute Gasteiger partial charge is 0.295 e. The topological polar surface area (TPSA) is 105 Å². The first-order valence-electron chi connectivity index (χ1n) is 10.5. The Kier molecular flexibility index (Phi) is 6.91. The molecule has 3 aromatic rings. The van der Waals surface area contributed by atoms with Crippen molar-refractivity contribution < 1.29 is 18.8 Å². The SMILES string of the molecule is C#CC(=O)N[C@H]1CCC[C@H]1Nc1ncc2cc(-c3cc(C(=O)NOC)c(F)cc3Cl)ccc2n1. The van der Waals surface area contributed by atoms with Gasteiger partial charge in [0.05, 0.1) is 23.2 Å². The van der Waals surface area contributed by atoms with Crippen LogP contribution in [0.2, 0.25) is 5.02 Å². The monoisotopic (exact) mass is 481 g/mol. The number of hydrogen-bond donors (Lipinski definition) is 3. The molecule has 2 aromatic carbocycles. The Balaban J connectivity index is 1.59. The third-order valence-corrected chi connectivity index (χ3v) is 5.98. The van der Waals surface area contributed by atoms with Crippen LogP contribution in [0.5, 0.6) is 0 Å². The van der Waals surface area contributed by atoms with Gasteiger partial charge < -0.3 is 10.6 Å². The lowest BCUT2D eigenvalue weighted by molar-refractivity contribution is -0.116. The number of terminal acetylenes is 1. The highest BCUT2D eigenvalue weighted by Crippen LogP contribution is 2.32. The number of hydrogen-bond acceptors (Lipinski definition) is 6. The van der Waals surface area contributed by atoms with Crippen molar-refractivity contribution in [3.05, 3.63) is 52.9 Å². The number of anilines is 1. The van der Waals surface area contributed by atoms with Gasteiger partial charge >= 0.3 is 0 Å². The number of rotatable bonds is 6. The van der Waals surface area contributed by atoms with Crippen molar-refractivity contribution in [2.75, 3.05) is 12.4 Å². The summed E-state index contributed by atoms with van der Waals surface area (Å²) in [5.41, 5.74) is 3.73. The van der Waals surface area contributed by atoms with E-state index in [2.05, 4.69) is 36.8 Å². The molecule has 1 fully saturated rings. The average molecular weight is 482 g/mol. The Bertz CT molecular complexity index is 1310. The van der Waals surface area contributed by atoms with E-state index >= 15 is 0 Å². The standard InChI is InChI=1S/C24H21ClFN5O3/c1-3-22(32)28-20-5-4-6-21(20)30-24-27-12-14-9-13(7-8-19(14)29-24)15-10-16(23(33)31-34-2)18(26)11-17(15)25/h1,7-12,20-21H,4-6H2,2H3,(H,28,32)(H,31,33)(H,27,29,30)/t20-,21+/m0/s1. The summed E-state index contributed by atoms with van der Waals surface area (Å²) in [6.07, 6.45) is 9.45. The second-order valence-corrected chi connectivity index (χ2v) is 8.23. The number of fused-ring (bicyclic) bond motifs is 1. The molecule has 1 aromatic heterocycles. The van der Waals surface area contributed by atoms with Gasteiger partial charge in [0.25, 0.3) is 11.8 Å². The van der Waals surface area contributed by atoms with Crippen molar-refractivity contribution in [3.8, 4) is 23.5 Å². The highest BCUT2D eigenvalue weighted by molar-refractivity contribution is 6.33. The Morgan fingerprint density at radius 2 is 2.03 bits per heavy atom. The molecule has 2 amide bonds. The maximum Gasteiger partial charge on any atom is 0.295 e. The van der Waals surface area contributed by atoms with Gasteiger partial charge in [0.1, 0.15) is 5.82 Å². The largest absolute Gasteiger partial charge is 0.349 e. The van der Waals surface area contributed by atoms with Crippen molar-refractivity contribution in [2.45, 2.75) is 31.3 Å². The van der Waals surface area contributed by atoms with Gasteiger partial charge in [-0.2, -0.15) is 0 Å². The first-order chi connectivity index (χ1) is 16.4. The second-order valence-electron chi connectivity index (χ2n) is 7.82. The summed E-state index contributed by atoms with van der Waals surface area (Å²) in [6.45, 7) is 0. The van der Waals surface area contributed by atoms with Gasteiger partial charge in [0.2, 0.25) is 5.95 Å². The van der Waals surface area contributed by atoms with Gasteiger partial charge in [-0.25, -0.2) is 19.8 Å². The fraction of sp³-hybridized carbons (Fsp3) is 0.250. The highest BCUT2D eigenvalue weighted by Gasteiger charge is 2.28. The van der Waals surface area contributed by atoms with E-state index in [9.17, 15) is 14.0 Å². The van der Waals surface area contributed by atoms with Crippen LogP contribution in [0, 0.1) is 18.2 Å². The number of nitrogens with one attached hydrogen (secondary N) is 3. The molecule has 174 valence electrons. The molecule has 0 radical (unpaired) electrons. The van der Waals surface area contributed by atoms with E-state index in [0.717, 1.165) is 30.7 Å². The molecular formula is C24H21ClFN5O3. The first kappa shape index (κ1) is 23.4. The third-order valence-electron chi connectivity index (χ3n) is 5.66. The Morgan fingerprint density at radius 3 is 2.79 bits per heavy atom. The van der Waals surface area contributed by atoms with E-state index < -0.39 is 17.6 Å².